The number of rotatable bonds is 5. The number of amides is 2. The van der Waals surface area contributed by atoms with E-state index < -0.39 is 6.04 Å². The Labute approximate surface area is 195 Å². The Morgan fingerprint density at radius 3 is 2.15 bits per heavy atom. The molecule has 7 heteroatoms. The number of nitrogens with one attached hydrogen (secondary N) is 1. The number of nitrogens with zero attached hydrogens (tertiary/aromatic N) is 3. The monoisotopic (exact) mass is 454 g/mol. The van der Waals surface area contributed by atoms with Crippen LogP contribution in [0.3, 0.4) is 0 Å². The molecule has 1 N–H and O–H groups in total. The molecule has 1 saturated heterocycles. The van der Waals surface area contributed by atoms with Gasteiger partial charge >= 0.3 is 0 Å². The molecule has 0 radical (unpaired) electrons. The second-order valence-electron chi connectivity index (χ2n) is 7.87. The molecule has 1 aliphatic heterocycles. The normalized spacial score (nSPS) is 15.4. The largest absolute Gasteiger partial charge is 0.327 e. The van der Waals surface area contributed by atoms with Crippen molar-refractivity contribution in [2.75, 3.05) is 11.9 Å². The van der Waals surface area contributed by atoms with Crippen molar-refractivity contribution in [2.45, 2.75) is 18.9 Å². The van der Waals surface area contributed by atoms with E-state index in [4.69, 9.17) is 0 Å². The second-order valence-corrected chi connectivity index (χ2v) is 8.85. The van der Waals surface area contributed by atoms with Gasteiger partial charge in [0.25, 0.3) is 5.91 Å². The van der Waals surface area contributed by atoms with Crippen molar-refractivity contribution in [3.8, 4) is 21.7 Å². The molecular weight excluding hydrogens is 432 g/mol. The highest BCUT2D eigenvalue weighted by atomic mass is 32.1. The van der Waals surface area contributed by atoms with Gasteiger partial charge in [-0.15, -0.1) is 10.2 Å². The predicted molar refractivity (Wildman–Crippen MR) is 130 cm³/mol. The first-order chi connectivity index (χ1) is 16.2. The lowest BCUT2D eigenvalue weighted by Crippen LogP contribution is -2.43. The molecule has 3 aromatic carbocycles. The predicted octanol–water partition coefficient (Wildman–Crippen LogP) is 5.12. The van der Waals surface area contributed by atoms with E-state index in [0.29, 0.717) is 23.7 Å². The van der Waals surface area contributed by atoms with Gasteiger partial charge in [-0.25, -0.2) is 0 Å². The molecule has 5 rings (SSSR count). The highest BCUT2D eigenvalue weighted by Gasteiger charge is 2.35. The Bertz CT molecular complexity index is 1260. The first-order valence-corrected chi connectivity index (χ1v) is 11.7. The third kappa shape index (κ3) is 4.54. The number of hydrogen-bond donors (Lipinski definition) is 1. The number of carbonyl (C=O) groups is 2. The molecule has 4 aromatic rings. The van der Waals surface area contributed by atoms with Crippen molar-refractivity contribution in [3.05, 3.63) is 90.5 Å². The summed E-state index contributed by atoms with van der Waals surface area (Å²) in [5.74, 6) is -0.355. The van der Waals surface area contributed by atoms with E-state index in [2.05, 4.69) is 15.5 Å². The molecule has 164 valence electrons. The highest BCUT2D eigenvalue weighted by Crippen LogP contribution is 2.28. The van der Waals surface area contributed by atoms with Gasteiger partial charge in [0.2, 0.25) is 11.0 Å². The summed E-state index contributed by atoms with van der Waals surface area (Å²) < 4.78 is 0. The molecule has 2 amide bonds. The summed E-state index contributed by atoms with van der Waals surface area (Å²) in [5.41, 5.74) is 3.68. The van der Waals surface area contributed by atoms with Gasteiger partial charge in [-0.1, -0.05) is 84.1 Å². The maximum absolute atomic E-state index is 13.2. The van der Waals surface area contributed by atoms with Gasteiger partial charge in [-0.3, -0.25) is 14.9 Å². The second kappa shape index (κ2) is 9.34. The molecule has 0 bridgehead atoms. The lowest BCUT2D eigenvalue weighted by molar-refractivity contribution is -0.119. The summed E-state index contributed by atoms with van der Waals surface area (Å²) >= 11 is 1.32. The van der Waals surface area contributed by atoms with Crippen molar-refractivity contribution >= 4 is 28.3 Å². The van der Waals surface area contributed by atoms with Gasteiger partial charge in [-0.2, -0.15) is 0 Å². The van der Waals surface area contributed by atoms with Crippen LogP contribution < -0.4 is 5.32 Å². The van der Waals surface area contributed by atoms with Crippen LogP contribution in [0.1, 0.15) is 23.2 Å². The zero-order valence-corrected chi connectivity index (χ0v) is 18.7. The molecule has 1 atom stereocenters. The van der Waals surface area contributed by atoms with Crippen LogP contribution in [0.4, 0.5) is 5.13 Å². The minimum absolute atomic E-state index is 0.130. The summed E-state index contributed by atoms with van der Waals surface area (Å²) in [4.78, 5) is 27.8. The van der Waals surface area contributed by atoms with E-state index in [0.717, 1.165) is 28.1 Å². The average Bonchev–Trinajstić information content (AvgIpc) is 3.55. The lowest BCUT2D eigenvalue weighted by Gasteiger charge is -2.23. The van der Waals surface area contributed by atoms with Gasteiger partial charge in [0.05, 0.1) is 0 Å². The van der Waals surface area contributed by atoms with Gasteiger partial charge < -0.3 is 4.90 Å². The fraction of sp³-hybridized carbons (Fsp3) is 0.154. The van der Waals surface area contributed by atoms with E-state index >= 15 is 0 Å². The molecule has 0 unspecified atom stereocenters. The summed E-state index contributed by atoms with van der Waals surface area (Å²) in [7, 11) is 0. The molecule has 1 aliphatic rings. The summed E-state index contributed by atoms with van der Waals surface area (Å²) in [6.07, 6.45) is 1.42. The third-order valence-corrected chi connectivity index (χ3v) is 6.62. The van der Waals surface area contributed by atoms with Crippen LogP contribution >= 0.6 is 11.3 Å². The number of hydrogen-bond acceptors (Lipinski definition) is 5. The van der Waals surface area contributed by atoms with Crippen molar-refractivity contribution in [3.63, 3.8) is 0 Å². The van der Waals surface area contributed by atoms with Gasteiger partial charge in [0.15, 0.2) is 0 Å². The Kier molecular flexibility index (Phi) is 5.95. The first kappa shape index (κ1) is 21.0. The fourth-order valence-electron chi connectivity index (χ4n) is 4.04. The summed E-state index contributed by atoms with van der Waals surface area (Å²) in [5, 5.41) is 12.3. The van der Waals surface area contributed by atoms with Crippen molar-refractivity contribution in [1.29, 1.82) is 0 Å². The highest BCUT2D eigenvalue weighted by molar-refractivity contribution is 7.18. The van der Waals surface area contributed by atoms with Crippen molar-refractivity contribution in [2.24, 2.45) is 0 Å². The number of benzene rings is 3. The summed E-state index contributed by atoms with van der Waals surface area (Å²) in [6, 6.07) is 26.8. The maximum Gasteiger partial charge on any atom is 0.254 e. The van der Waals surface area contributed by atoms with Crippen LogP contribution in [-0.4, -0.2) is 39.5 Å². The van der Waals surface area contributed by atoms with Crippen LogP contribution in [0, 0.1) is 0 Å². The number of aromatic nitrogens is 2. The van der Waals surface area contributed by atoms with Crippen LogP contribution in [0.25, 0.3) is 21.7 Å². The van der Waals surface area contributed by atoms with Crippen LogP contribution in [0.5, 0.6) is 0 Å². The van der Waals surface area contributed by atoms with Gasteiger partial charge in [0, 0.05) is 17.7 Å². The molecule has 1 aromatic heterocycles. The molecule has 0 saturated carbocycles. The minimum atomic E-state index is -0.518. The van der Waals surface area contributed by atoms with Gasteiger partial charge in [-0.05, 0) is 36.1 Å². The zero-order valence-electron chi connectivity index (χ0n) is 17.8. The molecule has 0 spiro atoms. The average molecular weight is 455 g/mol. The number of carbonyl (C=O) groups excluding carboxylic acids is 2. The number of anilines is 1. The van der Waals surface area contributed by atoms with Crippen LogP contribution in [-0.2, 0) is 4.79 Å². The molecular formula is C26H22N4O2S. The Morgan fingerprint density at radius 1 is 0.818 bits per heavy atom. The SMILES string of the molecule is O=C(Nc1nnc(-c2ccccc2)s1)[C@H]1CCCN1C(=O)c1ccc(-c2ccccc2)cc1. The standard InChI is InChI=1S/C26H22N4O2S/c31-23(27-26-29-28-24(33-26)20-10-5-2-6-11-20)22-12-7-17-30(22)25(32)21-15-13-19(14-16-21)18-8-3-1-4-9-18/h1-6,8-11,13-16,22H,7,12,17H2,(H,27,29,31)/t22-/m1/s1. The van der Waals surface area contributed by atoms with E-state index in [-0.39, 0.29) is 11.8 Å². The van der Waals surface area contributed by atoms with E-state index in [1.807, 2.05) is 84.9 Å². The van der Waals surface area contributed by atoms with Crippen molar-refractivity contribution in [1.82, 2.24) is 15.1 Å². The lowest BCUT2D eigenvalue weighted by atomic mass is 10.0. The minimum Gasteiger partial charge on any atom is -0.327 e. The zero-order chi connectivity index (χ0) is 22.6. The van der Waals surface area contributed by atoms with Crippen LogP contribution in [0.15, 0.2) is 84.9 Å². The quantitative estimate of drug-likeness (QED) is 0.454. The molecule has 1 fully saturated rings. The fourth-order valence-corrected chi connectivity index (χ4v) is 4.80. The Balaban J connectivity index is 1.27. The van der Waals surface area contributed by atoms with E-state index in [1.165, 1.54) is 11.3 Å². The smallest absolute Gasteiger partial charge is 0.254 e. The van der Waals surface area contributed by atoms with Crippen LogP contribution in [0.2, 0.25) is 0 Å². The Hall–Kier alpha value is -3.84. The van der Waals surface area contributed by atoms with E-state index in [9.17, 15) is 9.59 Å². The van der Waals surface area contributed by atoms with Crippen molar-refractivity contribution < 1.29 is 9.59 Å². The third-order valence-electron chi connectivity index (χ3n) is 5.73. The molecule has 6 nitrogen and oxygen atoms in total. The topological polar surface area (TPSA) is 75.2 Å². The molecule has 33 heavy (non-hydrogen) atoms. The molecule has 2 heterocycles. The Morgan fingerprint density at radius 2 is 1.45 bits per heavy atom. The molecule has 0 aliphatic carbocycles. The van der Waals surface area contributed by atoms with Gasteiger partial charge in [0.1, 0.15) is 11.0 Å². The van der Waals surface area contributed by atoms with E-state index in [1.54, 1.807) is 4.90 Å². The maximum atomic E-state index is 13.2. The number of likely N-dealkylation sites (tertiary alicyclic amines) is 1. The first-order valence-electron chi connectivity index (χ1n) is 10.9. The summed E-state index contributed by atoms with van der Waals surface area (Å²) in [6.45, 7) is 0.558.